The van der Waals surface area contributed by atoms with Gasteiger partial charge < -0.3 is 9.31 Å². The first-order valence-corrected chi connectivity index (χ1v) is 8.87. The molecule has 3 rings (SSSR count). The van der Waals surface area contributed by atoms with Crippen molar-refractivity contribution in [2.45, 2.75) is 51.7 Å². The van der Waals surface area contributed by atoms with Crippen LogP contribution in [-0.4, -0.2) is 24.1 Å². The molecular formula is C21H24BFO3. The molecule has 0 amide bonds. The molecule has 1 saturated heterocycles. The summed E-state index contributed by atoms with van der Waals surface area (Å²) in [5, 5.41) is 0. The van der Waals surface area contributed by atoms with Gasteiger partial charge in [0, 0.05) is 12.8 Å². The maximum atomic E-state index is 12.9. The molecule has 136 valence electrons. The number of ketones is 1. The van der Waals surface area contributed by atoms with Crippen molar-refractivity contribution in [2.75, 3.05) is 0 Å². The molecule has 2 aromatic rings. The highest BCUT2D eigenvalue weighted by molar-refractivity contribution is 6.62. The first kappa shape index (κ1) is 18.8. The van der Waals surface area contributed by atoms with E-state index in [0.717, 1.165) is 16.6 Å². The Hall–Kier alpha value is -1.98. The minimum atomic E-state index is -0.399. The van der Waals surface area contributed by atoms with Crippen molar-refractivity contribution in [1.82, 2.24) is 0 Å². The predicted octanol–water partition coefficient (Wildman–Crippen LogP) is 3.48. The normalized spacial score (nSPS) is 18.1. The van der Waals surface area contributed by atoms with E-state index in [1.54, 1.807) is 12.1 Å². The molecule has 2 aromatic carbocycles. The number of halogens is 1. The molecule has 1 fully saturated rings. The SMILES string of the molecule is CC1(C)OB(c2ccc(CC(=O)Cc3ccc(F)cc3)cc2)OC1(C)C. The van der Waals surface area contributed by atoms with E-state index in [1.807, 2.05) is 52.0 Å². The van der Waals surface area contributed by atoms with Crippen LogP contribution < -0.4 is 5.46 Å². The molecule has 0 saturated carbocycles. The van der Waals surface area contributed by atoms with E-state index in [2.05, 4.69) is 0 Å². The lowest BCUT2D eigenvalue weighted by molar-refractivity contribution is -0.117. The molecule has 0 bridgehead atoms. The maximum absolute atomic E-state index is 12.9. The minimum absolute atomic E-state index is 0.0972. The van der Waals surface area contributed by atoms with E-state index < -0.39 is 7.12 Å². The number of carbonyl (C=O) groups is 1. The number of hydrogen-bond acceptors (Lipinski definition) is 3. The summed E-state index contributed by atoms with van der Waals surface area (Å²) in [4.78, 5) is 12.2. The predicted molar refractivity (Wildman–Crippen MR) is 101 cm³/mol. The van der Waals surface area contributed by atoms with Crippen LogP contribution in [-0.2, 0) is 26.9 Å². The molecule has 0 N–H and O–H groups in total. The van der Waals surface area contributed by atoms with Crippen molar-refractivity contribution in [1.29, 1.82) is 0 Å². The minimum Gasteiger partial charge on any atom is -0.399 e. The lowest BCUT2D eigenvalue weighted by Crippen LogP contribution is -2.41. The molecule has 5 heteroatoms. The van der Waals surface area contributed by atoms with Gasteiger partial charge in [-0.05, 0) is 56.4 Å². The van der Waals surface area contributed by atoms with Crippen molar-refractivity contribution in [3.05, 3.63) is 65.5 Å². The standard InChI is InChI=1S/C21H24BFO3/c1-20(2)21(3,4)26-22(25-20)17-9-5-15(6-10-17)13-19(24)14-16-7-11-18(23)12-8-16/h5-12H,13-14H2,1-4H3. The molecule has 26 heavy (non-hydrogen) atoms. The Morgan fingerprint density at radius 3 is 1.73 bits per heavy atom. The summed E-state index contributed by atoms with van der Waals surface area (Å²) in [5.41, 5.74) is 1.96. The van der Waals surface area contributed by atoms with E-state index in [1.165, 1.54) is 12.1 Å². The van der Waals surface area contributed by atoms with Gasteiger partial charge in [-0.1, -0.05) is 36.4 Å². The fraction of sp³-hybridized carbons (Fsp3) is 0.381. The van der Waals surface area contributed by atoms with Gasteiger partial charge in [0.2, 0.25) is 0 Å². The Labute approximate surface area is 154 Å². The highest BCUT2D eigenvalue weighted by Gasteiger charge is 2.51. The average molecular weight is 354 g/mol. The summed E-state index contributed by atoms with van der Waals surface area (Å²) in [6.07, 6.45) is 0.653. The maximum Gasteiger partial charge on any atom is 0.494 e. The highest BCUT2D eigenvalue weighted by Crippen LogP contribution is 2.36. The molecule has 0 unspecified atom stereocenters. The summed E-state index contributed by atoms with van der Waals surface area (Å²) < 4.78 is 25.0. The number of rotatable bonds is 5. The molecule has 3 nitrogen and oxygen atoms in total. The van der Waals surface area contributed by atoms with Gasteiger partial charge in [-0.2, -0.15) is 0 Å². The Morgan fingerprint density at radius 1 is 0.846 bits per heavy atom. The third kappa shape index (κ3) is 4.05. The van der Waals surface area contributed by atoms with Crippen LogP contribution in [0.4, 0.5) is 4.39 Å². The summed E-state index contributed by atoms with van der Waals surface area (Å²) in [5.74, 6) is -0.195. The fourth-order valence-corrected chi connectivity index (χ4v) is 2.89. The second kappa shape index (κ2) is 6.97. The van der Waals surface area contributed by atoms with Crippen molar-refractivity contribution in [3.8, 4) is 0 Å². The van der Waals surface area contributed by atoms with Crippen molar-refractivity contribution in [3.63, 3.8) is 0 Å². The van der Waals surface area contributed by atoms with Gasteiger partial charge in [0.05, 0.1) is 11.2 Å². The van der Waals surface area contributed by atoms with E-state index in [4.69, 9.17) is 9.31 Å². The Bertz CT molecular complexity index is 766. The van der Waals surface area contributed by atoms with E-state index in [9.17, 15) is 9.18 Å². The third-order valence-electron chi connectivity index (χ3n) is 5.22. The molecule has 0 atom stereocenters. The summed E-state index contributed by atoms with van der Waals surface area (Å²) in [6.45, 7) is 8.09. The molecule has 0 radical (unpaired) electrons. The van der Waals surface area contributed by atoms with Crippen LogP contribution in [0.1, 0.15) is 38.8 Å². The van der Waals surface area contributed by atoms with Crippen LogP contribution in [0.25, 0.3) is 0 Å². The molecule has 1 aliphatic heterocycles. The Kier molecular flexibility index (Phi) is 5.04. The number of carbonyl (C=O) groups excluding carboxylic acids is 1. The van der Waals surface area contributed by atoms with Gasteiger partial charge in [-0.25, -0.2) is 4.39 Å². The topological polar surface area (TPSA) is 35.5 Å². The first-order chi connectivity index (χ1) is 12.2. The Morgan fingerprint density at radius 2 is 1.27 bits per heavy atom. The van der Waals surface area contributed by atoms with Crippen LogP contribution in [0.3, 0.4) is 0 Å². The van der Waals surface area contributed by atoms with Crippen LogP contribution >= 0.6 is 0 Å². The average Bonchev–Trinajstić information content (AvgIpc) is 2.78. The monoisotopic (exact) mass is 354 g/mol. The lowest BCUT2D eigenvalue weighted by atomic mass is 9.78. The molecular weight excluding hydrogens is 330 g/mol. The zero-order chi connectivity index (χ0) is 18.9. The summed E-state index contributed by atoms with van der Waals surface area (Å²) in [6, 6.07) is 13.8. The van der Waals surface area contributed by atoms with Gasteiger partial charge in [0.25, 0.3) is 0 Å². The number of Topliss-reactive ketones (excluding diaryl/α,β-unsaturated/α-hetero) is 1. The zero-order valence-electron chi connectivity index (χ0n) is 15.7. The van der Waals surface area contributed by atoms with Gasteiger partial charge >= 0.3 is 7.12 Å². The van der Waals surface area contributed by atoms with Crippen molar-refractivity contribution in [2.24, 2.45) is 0 Å². The van der Waals surface area contributed by atoms with Gasteiger partial charge in [0.15, 0.2) is 0 Å². The van der Waals surface area contributed by atoms with E-state index >= 15 is 0 Å². The molecule has 0 aromatic heterocycles. The van der Waals surface area contributed by atoms with Crippen LogP contribution in [0.2, 0.25) is 0 Å². The summed E-state index contributed by atoms with van der Waals surface area (Å²) in [7, 11) is -0.399. The zero-order valence-corrected chi connectivity index (χ0v) is 15.7. The van der Waals surface area contributed by atoms with Crippen LogP contribution in [0.15, 0.2) is 48.5 Å². The quantitative estimate of drug-likeness (QED) is 0.772. The highest BCUT2D eigenvalue weighted by atomic mass is 19.1. The van der Waals surface area contributed by atoms with E-state index in [-0.39, 0.29) is 22.8 Å². The Balaban J connectivity index is 1.61. The largest absolute Gasteiger partial charge is 0.494 e. The third-order valence-corrected chi connectivity index (χ3v) is 5.22. The number of hydrogen-bond donors (Lipinski definition) is 0. The van der Waals surface area contributed by atoms with Crippen LogP contribution in [0, 0.1) is 5.82 Å². The van der Waals surface area contributed by atoms with Gasteiger partial charge in [-0.15, -0.1) is 0 Å². The second-order valence-electron chi connectivity index (χ2n) is 7.85. The smallest absolute Gasteiger partial charge is 0.399 e. The first-order valence-electron chi connectivity index (χ1n) is 8.87. The summed E-state index contributed by atoms with van der Waals surface area (Å²) >= 11 is 0. The van der Waals surface area contributed by atoms with Crippen LogP contribution in [0.5, 0.6) is 0 Å². The fourth-order valence-electron chi connectivity index (χ4n) is 2.89. The van der Waals surface area contributed by atoms with Gasteiger partial charge in [-0.3, -0.25) is 4.79 Å². The number of benzene rings is 2. The molecule has 0 aliphatic carbocycles. The second-order valence-corrected chi connectivity index (χ2v) is 7.85. The van der Waals surface area contributed by atoms with Crippen molar-refractivity contribution < 1.29 is 18.5 Å². The molecule has 1 heterocycles. The van der Waals surface area contributed by atoms with E-state index in [0.29, 0.717) is 12.8 Å². The van der Waals surface area contributed by atoms with Gasteiger partial charge in [0.1, 0.15) is 11.6 Å². The van der Waals surface area contributed by atoms with Crippen molar-refractivity contribution >= 4 is 18.4 Å². The molecule has 0 spiro atoms. The lowest BCUT2D eigenvalue weighted by Gasteiger charge is -2.32. The molecule has 1 aliphatic rings.